The zero-order valence-corrected chi connectivity index (χ0v) is 13.1. The Morgan fingerprint density at radius 3 is 2.73 bits per heavy atom. The maximum atomic E-state index is 11.7. The Labute approximate surface area is 131 Å². The van der Waals surface area contributed by atoms with Gasteiger partial charge in [-0.25, -0.2) is 5.43 Å². The van der Waals surface area contributed by atoms with Crippen molar-refractivity contribution in [1.82, 2.24) is 5.43 Å². The molecule has 0 atom stereocenters. The second-order valence-electron chi connectivity index (χ2n) is 5.28. The van der Waals surface area contributed by atoms with Crippen LogP contribution in [-0.2, 0) is 4.79 Å². The molecule has 0 spiro atoms. The molecule has 0 fully saturated rings. The number of hydrogen-bond donors (Lipinski definition) is 1. The first-order chi connectivity index (χ1) is 10.7. The lowest BCUT2D eigenvalue weighted by Crippen LogP contribution is -2.25. The summed E-state index contributed by atoms with van der Waals surface area (Å²) in [6.45, 7) is 4.01. The smallest absolute Gasteiger partial charge is 0.277 e. The van der Waals surface area contributed by atoms with Crippen LogP contribution in [0.3, 0.4) is 0 Å². The van der Waals surface area contributed by atoms with Crippen LogP contribution in [-0.4, -0.2) is 18.2 Å². The molecule has 22 heavy (non-hydrogen) atoms. The van der Waals surface area contributed by atoms with Gasteiger partial charge in [-0.05, 0) is 42.7 Å². The number of nitrogens with zero attached hydrogens (tertiary/aromatic N) is 1. The Bertz CT molecular complexity index is 665. The van der Waals surface area contributed by atoms with E-state index in [2.05, 4.69) is 17.5 Å². The normalized spacial score (nSPS) is 11.5. The van der Waals surface area contributed by atoms with Crippen LogP contribution in [0.4, 0.5) is 0 Å². The largest absolute Gasteiger partial charge is 0.484 e. The maximum absolute atomic E-state index is 11.7. The monoisotopic (exact) mass is 298 g/mol. The van der Waals surface area contributed by atoms with Gasteiger partial charge in [0.1, 0.15) is 5.75 Å². The van der Waals surface area contributed by atoms with Gasteiger partial charge in [0.15, 0.2) is 6.61 Å². The quantitative estimate of drug-likeness (QED) is 0.622. The molecule has 0 radical (unpaired) electrons. The third-order valence-electron chi connectivity index (χ3n) is 3.35. The predicted octanol–water partition coefficient (Wildman–Crippen LogP) is 3.90. The molecule has 2 rings (SSSR count). The maximum Gasteiger partial charge on any atom is 0.277 e. The Morgan fingerprint density at radius 2 is 1.95 bits per heavy atom. The minimum atomic E-state index is -0.246. The highest BCUT2D eigenvalue weighted by Crippen LogP contribution is 2.20. The molecule has 0 saturated heterocycles. The molecular formula is C18H22N2O2. The van der Waals surface area contributed by atoms with Crippen molar-refractivity contribution >= 4 is 22.4 Å². The summed E-state index contributed by atoms with van der Waals surface area (Å²) in [5.74, 6) is 0.435. The minimum absolute atomic E-state index is 0.0388. The summed E-state index contributed by atoms with van der Waals surface area (Å²) in [5.41, 5.74) is 3.45. The van der Waals surface area contributed by atoms with Gasteiger partial charge in [-0.15, -0.1) is 0 Å². The number of rotatable bonds is 7. The van der Waals surface area contributed by atoms with Crippen molar-refractivity contribution < 1.29 is 9.53 Å². The van der Waals surface area contributed by atoms with Gasteiger partial charge < -0.3 is 4.74 Å². The van der Waals surface area contributed by atoms with Crippen LogP contribution in [0.25, 0.3) is 10.8 Å². The van der Waals surface area contributed by atoms with Gasteiger partial charge in [-0.1, -0.05) is 43.7 Å². The van der Waals surface area contributed by atoms with Crippen molar-refractivity contribution in [3.8, 4) is 5.75 Å². The van der Waals surface area contributed by atoms with Crippen molar-refractivity contribution in [2.45, 2.75) is 33.1 Å². The Morgan fingerprint density at radius 1 is 1.18 bits per heavy atom. The average Bonchev–Trinajstić information content (AvgIpc) is 2.56. The molecule has 1 amide bonds. The van der Waals surface area contributed by atoms with Crippen molar-refractivity contribution in [2.24, 2.45) is 5.10 Å². The van der Waals surface area contributed by atoms with Crippen molar-refractivity contribution in [1.29, 1.82) is 0 Å². The zero-order valence-electron chi connectivity index (χ0n) is 13.1. The van der Waals surface area contributed by atoms with E-state index >= 15 is 0 Å². The number of benzene rings is 2. The topological polar surface area (TPSA) is 50.7 Å². The third-order valence-corrected chi connectivity index (χ3v) is 3.35. The highest BCUT2D eigenvalue weighted by atomic mass is 16.5. The second-order valence-corrected chi connectivity index (χ2v) is 5.28. The molecule has 0 bridgehead atoms. The SMILES string of the molecule is CCCCC(C)=NNC(=O)COc1ccc2ccccc2c1. The third kappa shape index (κ3) is 4.88. The van der Waals surface area contributed by atoms with E-state index in [1.165, 1.54) is 0 Å². The molecule has 4 heteroatoms. The van der Waals surface area contributed by atoms with Crippen molar-refractivity contribution in [3.05, 3.63) is 42.5 Å². The van der Waals surface area contributed by atoms with Crippen LogP contribution in [0.15, 0.2) is 47.6 Å². The van der Waals surface area contributed by atoms with Crippen LogP contribution < -0.4 is 10.2 Å². The molecular weight excluding hydrogens is 276 g/mol. The predicted molar refractivity (Wildman–Crippen MR) is 90.2 cm³/mol. The summed E-state index contributed by atoms with van der Waals surface area (Å²) < 4.78 is 5.51. The first-order valence-corrected chi connectivity index (χ1v) is 7.62. The average molecular weight is 298 g/mol. The fourth-order valence-electron chi connectivity index (χ4n) is 2.08. The molecule has 0 aliphatic carbocycles. The fourth-order valence-corrected chi connectivity index (χ4v) is 2.08. The van der Waals surface area contributed by atoms with Crippen molar-refractivity contribution in [2.75, 3.05) is 6.61 Å². The summed E-state index contributed by atoms with van der Waals surface area (Å²) in [6.07, 6.45) is 3.10. The van der Waals surface area contributed by atoms with E-state index in [0.29, 0.717) is 5.75 Å². The van der Waals surface area contributed by atoms with Gasteiger partial charge >= 0.3 is 0 Å². The number of carbonyl (C=O) groups excluding carboxylic acids is 1. The van der Waals surface area contributed by atoms with Crippen LogP contribution in [0.2, 0.25) is 0 Å². The Balaban J connectivity index is 1.84. The number of hydrogen-bond acceptors (Lipinski definition) is 3. The molecule has 4 nitrogen and oxygen atoms in total. The number of hydrazone groups is 1. The summed E-state index contributed by atoms with van der Waals surface area (Å²) in [4.78, 5) is 11.7. The van der Waals surface area contributed by atoms with Gasteiger partial charge in [0, 0.05) is 5.71 Å². The van der Waals surface area contributed by atoms with E-state index in [1.54, 1.807) is 0 Å². The highest BCUT2D eigenvalue weighted by molar-refractivity contribution is 5.85. The lowest BCUT2D eigenvalue weighted by Gasteiger charge is -2.07. The lowest BCUT2D eigenvalue weighted by molar-refractivity contribution is -0.123. The number of ether oxygens (including phenoxy) is 1. The standard InChI is InChI=1S/C18H22N2O2/c1-3-4-7-14(2)19-20-18(21)13-22-17-11-10-15-8-5-6-9-16(15)12-17/h5-6,8-12H,3-4,7,13H2,1-2H3,(H,20,21). The molecule has 2 aromatic rings. The zero-order chi connectivity index (χ0) is 15.8. The molecule has 116 valence electrons. The molecule has 0 unspecified atom stereocenters. The van der Waals surface area contributed by atoms with Crippen LogP contribution >= 0.6 is 0 Å². The highest BCUT2D eigenvalue weighted by Gasteiger charge is 2.03. The summed E-state index contributed by atoms with van der Waals surface area (Å²) >= 11 is 0. The van der Waals surface area contributed by atoms with E-state index in [0.717, 1.165) is 35.7 Å². The first kappa shape index (κ1) is 16.0. The van der Waals surface area contributed by atoms with Crippen LogP contribution in [0, 0.1) is 0 Å². The molecule has 0 heterocycles. The van der Waals surface area contributed by atoms with E-state index < -0.39 is 0 Å². The number of nitrogens with one attached hydrogen (secondary N) is 1. The van der Waals surface area contributed by atoms with E-state index in [1.807, 2.05) is 49.4 Å². The molecule has 0 aromatic heterocycles. The van der Waals surface area contributed by atoms with E-state index in [-0.39, 0.29) is 12.5 Å². The Kier molecular flexibility index (Phi) is 5.95. The molecule has 2 aromatic carbocycles. The second kappa shape index (κ2) is 8.17. The van der Waals surface area contributed by atoms with Gasteiger partial charge in [-0.2, -0.15) is 5.10 Å². The summed E-state index contributed by atoms with van der Waals surface area (Å²) in [5, 5.41) is 6.30. The van der Waals surface area contributed by atoms with E-state index in [4.69, 9.17) is 4.74 Å². The molecule has 1 N–H and O–H groups in total. The van der Waals surface area contributed by atoms with Gasteiger partial charge in [0.2, 0.25) is 0 Å². The number of amides is 1. The molecule has 0 aliphatic heterocycles. The van der Waals surface area contributed by atoms with E-state index in [9.17, 15) is 4.79 Å². The minimum Gasteiger partial charge on any atom is -0.484 e. The molecule has 0 saturated carbocycles. The summed E-state index contributed by atoms with van der Waals surface area (Å²) in [7, 11) is 0. The number of carbonyl (C=O) groups is 1. The first-order valence-electron chi connectivity index (χ1n) is 7.62. The Hall–Kier alpha value is -2.36. The van der Waals surface area contributed by atoms with Crippen LogP contribution in [0.5, 0.6) is 5.75 Å². The molecule has 0 aliphatic rings. The number of fused-ring (bicyclic) bond motifs is 1. The van der Waals surface area contributed by atoms with Gasteiger partial charge in [0.25, 0.3) is 5.91 Å². The van der Waals surface area contributed by atoms with Gasteiger partial charge in [0.05, 0.1) is 0 Å². The van der Waals surface area contributed by atoms with Gasteiger partial charge in [-0.3, -0.25) is 4.79 Å². The summed E-state index contributed by atoms with van der Waals surface area (Å²) in [6, 6.07) is 13.8. The van der Waals surface area contributed by atoms with Crippen LogP contribution in [0.1, 0.15) is 33.1 Å². The fraction of sp³-hybridized carbons (Fsp3) is 0.333. The number of unbranched alkanes of at least 4 members (excludes halogenated alkanes) is 1. The van der Waals surface area contributed by atoms with Crippen molar-refractivity contribution in [3.63, 3.8) is 0 Å². The lowest BCUT2D eigenvalue weighted by atomic mass is 10.1.